The number of H-pyrrole nitrogens is 1. The molecule has 0 fully saturated rings. The van der Waals surface area contributed by atoms with Crippen LogP contribution in [0.2, 0.25) is 0 Å². The fourth-order valence-electron chi connectivity index (χ4n) is 5.29. The molecule has 236 valence electrons. The van der Waals surface area contributed by atoms with Crippen molar-refractivity contribution in [3.8, 4) is 85.9 Å². The first-order valence-electron chi connectivity index (χ1n) is 12.6. The Morgan fingerprint density at radius 1 is 0.400 bits per heavy atom. The summed E-state index contributed by atoms with van der Waals surface area (Å²) in [4.78, 5) is 2.40. The maximum Gasteiger partial charge on any atom is 0.251 e. The maximum atomic E-state index is 11.2. The highest BCUT2D eigenvalue weighted by atomic mass is 17.0. The lowest BCUT2D eigenvalue weighted by Gasteiger charge is -2.22. The van der Waals surface area contributed by atoms with E-state index in [1.165, 1.54) is 0 Å². The monoisotopic (exact) mass is 629 g/mol. The standard InChI is InChI=1S/C28H23NO16/c1-28(2,3)8-16(35)15(34)6-7-24-10(18(37)23(42)26(7)43-25(6)17(8)36)29-9-11(30)4(14(33)22(41)27(9)45-44-24)5-12(31)19(38)21(40)20(39)13(5)32/h29-42H,1-3H3. The third kappa shape index (κ3) is 3.48. The summed E-state index contributed by atoms with van der Waals surface area (Å²) in [5.41, 5.74) is -7.21. The van der Waals surface area contributed by atoms with Crippen LogP contribution in [0.1, 0.15) is 26.3 Å². The second kappa shape index (κ2) is 8.75. The quantitative estimate of drug-likeness (QED) is 0.0667. The predicted octanol–water partition coefficient (Wildman–Crippen LogP) is 4.67. The number of nitrogens with one attached hydrogen (secondary N) is 1. The third-order valence-corrected chi connectivity index (χ3v) is 7.39. The van der Waals surface area contributed by atoms with E-state index in [4.69, 9.17) is 13.6 Å². The molecule has 6 rings (SSSR count). The Morgan fingerprint density at radius 2 is 0.844 bits per heavy atom. The first kappa shape index (κ1) is 28.6. The van der Waals surface area contributed by atoms with Crippen LogP contribution >= 0.6 is 0 Å². The number of fused-ring (bicyclic) bond motifs is 6. The first-order valence-corrected chi connectivity index (χ1v) is 12.6. The largest absolute Gasteiger partial charge is 0.505 e. The number of aromatic amines is 1. The molecule has 2 heterocycles. The first-order chi connectivity index (χ1) is 20.9. The second-order valence-corrected chi connectivity index (χ2v) is 11.1. The number of hydrogen-bond donors (Lipinski definition) is 14. The number of hydrogen-bond acceptors (Lipinski definition) is 16. The van der Waals surface area contributed by atoms with Gasteiger partial charge in [-0.15, -0.1) is 0 Å². The van der Waals surface area contributed by atoms with Gasteiger partial charge in [0, 0.05) is 5.56 Å². The van der Waals surface area contributed by atoms with Crippen molar-refractivity contribution in [2.75, 3.05) is 0 Å². The van der Waals surface area contributed by atoms with Crippen LogP contribution in [0.15, 0.2) is 13.6 Å². The summed E-state index contributed by atoms with van der Waals surface area (Å²) in [6, 6.07) is 0. The number of benzene rings is 4. The Kier molecular flexibility index (Phi) is 5.56. The summed E-state index contributed by atoms with van der Waals surface area (Å²) < 4.78 is 16.0. The van der Waals surface area contributed by atoms with Crippen molar-refractivity contribution in [2.45, 2.75) is 26.2 Å². The molecular weight excluding hydrogens is 606 g/mol. The summed E-state index contributed by atoms with van der Waals surface area (Å²) in [7, 11) is 0. The fraction of sp³-hybridized carbons (Fsp3) is 0.143. The number of phenolic OH excluding ortho intramolecular Hbond substituents is 13. The Hall–Kier alpha value is -6.52. The van der Waals surface area contributed by atoms with E-state index in [1.54, 1.807) is 20.8 Å². The highest BCUT2D eigenvalue weighted by molar-refractivity contribution is 6.23. The van der Waals surface area contributed by atoms with Gasteiger partial charge in [-0.2, -0.15) is 0 Å². The lowest BCUT2D eigenvalue weighted by atomic mass is 9.84. The van der Waals surface area contributed by atoms with Crippen LogP contribution in [0.4, 0.5) is 0 Å². The maximum absolute atomic E-state index is 11.2. The van der Waals surface area contributed by atoms with Gasteiger partial charge < -0.3 is 75.8 Å². The normalized spacial score (nSPS) is 12.2. The van der Waals surface area contributed by atoms with E-state index in [0.717, 1.165) is 0 Å². The number of aromatic hydroxyl groups is 13. The Bertz CT molecular complexity index is 2310. The Labute approximate surface area is 247 Å². The van der Waals surface area contributed by atoms with Gasteiger partial charge in [-0.1, -0.05) is 20.8 Å². The summed E-state index contributed by atoms with van der Waals surface area (Å²) in [6.45, 7) is 4.85. The van der Waals surface area contributed by atoms with E-state index in [-0.39, 0.29) is 5.56 Å². The minimum absolute atomic E-state index is 0.125. The zero-order valence-corrected chi connectivity index (χ0v) is 23.0. The van der Waals surface area contributed by atoms with Crippen LogP contribution in [0.5, 0.6) is 74.7 Å². The van der Waals surface area contributed by atoms with E-state index >= 15 is 0 Å². The summed E-state index contributed by atoms with van der Waals surface area (Å²) in [5.74, 6) is -14.9. The molecule has 0 aliphatic rings. The molecule has 0 radical (unpaired) electrons. The van der Waals surface area contributed by atoms with Gasteiger partial charge in [-0.05, 0) is 5.41 Å². The molecule has 45 heavy (non-hydrogen) atoms. The lowest BCUT2D eigenvalue weighted by Crippen LogP contribution is -2.11. The molecule has 0 bridgehead atoms. The fourth-order valence-corrected chi connectivity index (χ4v) is 5.29. The van der Waals surface area contributed by atoms with Gasteiger partial charge in [0.2, 0.25) is 34.3 Å². The lowest BCUT2D eigenvalue weighted by molar-refractivity contribution is 0.0902. The SMILES string of the molecule is CC(C)(C)c1c(O)c(O)c2c(oc3c(O)c(O)c4[nH]c5c(O)c(-c6c(O)c(O)c(O)c(O)c6O)c(O)c(O)c5ooc4c32)c1O. The van der Waals surface area contributed by atoms with Gasteiger partial charge in [-0.3, -0.25) is 9.15 Å². The smallest absolute Gasteiger partial charge is 0.251 e. The number of phenols is 13. The number of aromatic nitrogens is 1. The molecule has 0 saturated heterocycles. The topological polar surface area (TPSA) is 318 Å². The number of furan rings is 1. The van der Waals surface area contributed by atoms with Crippen LogP contribution < -0.4 is 0 Å². The van der Waals surface area contributed by atoms with Crippen molar-refractivity contribution in [3.05, 3.63) is 5.56 Å². The minimum atomic E-state index is -1.39. The molecule has 17 heteroatoms. The molecule has 2 aromatic heterocycles. The molecule has 17 nitrogen and oxygen atoms in total. The van der Waals surface area contributed by atoms with Gasteiger partial charge in [-0.25, -0.2) is 0 Å². The third-order valence-electron chi connectivity index (χ3n) is 7.39. The van der Waals surface area contributed by atoms with E-state index in [9.17, 15) is 66.4 Å². The molecule has 0 amide bonds. The number of rotatable bonds is 1. The molecular formula is C28H23NO16. The summed E-state index contributed by atoms with van der Waals surface area (Å²) in [5, 5.41) is 137. The molecule has 0 spiro atoms. The van der Waals surface area contributed by atoms with Crippen LogP contribution in [0.25, 0.3) is 55.3 Å². The Balaban J connectivity index is 1.84. The molecule has 0 aliphatic heterocycles. The molecule has 14 N–H and O–H groups in total. The summed E-state index contributed by atoms with van der Waals surface area (Å²) in [6.07, 6.45) is 0. The molecule has 0 aliphatic carbocycles. The van der Waals surface area contributed by atoms with Crippen molar-refractivity contribution in [3.63, 3.8) is 0 Å². The van der Waals surface area contributed by atoms with Crippen LogP contribution in [-0.2, 0) is 5.41 Å². The Morgan fingerprint density at radius 3 is 1.42 bits per heavy atom. The van der Waals surface area contributed by atoms with Gasteiger partial charge in [0.1, 0.15) is 11.0 Å². The molecule has 0 unspecified atom stereocenters. The van der Waals surface area contributed by atoms with Crippen molar-refractivity contribution >= 4 is 44.1 Å². The molecule has 6 aromatic rings. The van der Waals surface area contributed by atoms with Crippen LogP contribution in [0, 0.1) is 0 Å². The van der Waals surface area contributed by atoms with Crippen molar-refractivity contribution in [1.29, 1.82) is 0 Å². The molecule has 4 aromatic carbocycles. The highest BCUT2D eigenvalue weighted by Crippen LogP contribution is 2.61. The van der Waals surface area contributed by atoms with E-state index in [1.807, 2.05) is 0 Å². The average molecular weight is 629 g/mol. The van der Waals surface area contributed by atoms with E-state index < -0.39 is 135 Å². The van der Waals surface area contributed by atoms with E-state index in [0.29, 0.717) is 0 Å². The van der Waals surface area contributed by atoms with E-state index in [2.05, 4.69) is 4.98 Å². The van der Waals surface area contributed by atoms with Crippen LogP contribution in [0.3, 0.4) is 0 Å². The zero-order chi connectivity index (χ0) is 33.2. The second-order valence-electron chi connectivity index (χ2n) is 11.1. The van der Waals surface area contributed by atoms with Crippen molar-refractivity contribution < 1.29 is 80.0 Å². The van der Waals surface area contributed by atoms with Gasteiger partial charge in [0.15, 0.2) is 57.2 Å². The van der Waals surface area contributed by atoms with Crippen LogP contribution in [-0.4, -0.2) is 71.4 Å². The molecule has 0 atom stereocenters. The average Bonchev–Trinajstić information content (AvgIpc) is 3.27. The predicted molar refractivity (Wildman–Crippen MR) is 151 cm³/mol. The van der Waals surface area contributed by atoms with Gasteiger partial charge in [0.25, 0.3) is 5.58 Å². The highest BCUT2D eigenvalue weighted by Gasteiger charge is 2.35. The van der Waals surface area contributed by atoms with Gasteiger partial charge in [0.05, 0.1) is 21.9 Å². The minimum Gasteiger partial charge on any atom is -0.505 e. The van der Waals surface area contributed by atoms with Gasteiger partial charge >= 0.3 is 0 Å². The molecule has 0 saturated carbocycles. The zero-order valence-electron chi connectivity index (χ0n) is 23.0. The van der Waals surface area contributed by atoms with Crippen molar-refractivity contribution in [2.24, 2.45) is 0 Å². The van der Waals surface area contributed by atoms with Crippen molar-refractivity contribution in [1.82, 2.24) is 4.98 Å². The summed E-state index contributed by atoms with van der Waals surface area (Å²) >= 11 is 0.